The molecule has 0 saturated carbocycles. The first kappa shape index (κ1) is 27.1. The van der Waals surface area contributed by atoms with Gasteiger partial charge in [-0.15, -0.1) is 0 Å². The lowest BCUT2D eigenvalue weighted by Crippen LogP contribution is -2.40. The van der Waals surface area contributed by atoms with Crippen LogP contribution in [0.4, 0.5) is 5.82 Å². The lowest BCUT2D eigenvalue weighted by Gasteiger charge is -2.24. The van der Waals surface area contributed by atoms with E-state index in [-0.39, 0.29) is 26.8 Å². The van der Waals surface area contributed by atoms with E-state index >= 15 is 0 Å². The van der Waals surface area contributed by atoms with Crippen molar-refractivity contribution in [3.63, 3.8) is 0 Å². The highest BCUT2D eigenvalue weighted by molar-refractivity contribution is 7.87. The number of nitrogens with two attached hydrogens (primary N) is 1. The Kier molecular flexibility index (Phi) is 7.13. The molecule has 0 aliphatic carbocycles. The number of hydrogen-bond donors (Lipinski definition) is 2. The van der Waals surface area contributed by atoms with Crippen molar-refractivity contribution in [1.29, 1.82) is 0 Å². The largest absolute Gasteiger partial charge is 0.394 e. The van der Waals surface area contributed by atoms with Gasteiger partial charge in [0.1, 0.15) is 24.1 Å². The number of ether oxygens (including phenoxy) is 1. The predicted molar refractivity (Wildman–Crippen MR) is 137 cm³/mol. The van der Waals surface area contributed by atoms with Crippen LogP contribution >= 0.6 is 0 Å². The maximum atomic E-state index is 13.3. The molecule has 4 aromatic rings. The Morgan fingerprint density at radius 3 is 1.95 bits per heavy atom. The van der Waals surface area contributed by atoms with Gasteiger partial charge in [0, 0.05) is 0 Å². The van der Waals surface area contributed by atoms with Crippen LogP contribution in [0.25, 0.3) is 11.2 Å². The Bertz CT molecular complexity index is 1710. The maximum absolute atomic E-state index is 13.3. The second-order valence-corrected chi connectivity index (χ2v) is 12.1. The van der Waals surface area contributed by atoms with Gasteiger partial charge in [-0.05, 0) is 38.1 Å². The van der Waals surface area contributed by atoms with Crippen LogP contribution in [0.3, 0.4) is 0 Å². The number of rotatable bonds is 8. The van der Waals surface area contributed by atoms with E-state index in [2.05, 4.69) is 15.0 Å². The third-order valence-corrected chi connectivity index (χ3v) is 8.87. The molecule has 1 aliphatic heterocycles. The first-order valence-electron chi connectivity index (χ1n) is 11.7. The van der Waals surface area contributed by atoms with Gasteiger partial charge in [-0.25, -0.2) is 15.0 Å². The topological polar surface area (TPSA) is 186 Å². The summed E-state index contributed by atoms with van der Waals surface area (Å²) in [5, 5.41) is 10.1. The van der Waals surface area contributed by atoms with Crippen molar-refractivity contribution in [1.82, 2.24) is 19.5 Å². The maximum Gasteiger partial charge on any atom is 0.297 e. The van der Waals surface area contributed by atoms with E-state index in [0.29, 0.717) is 0 Å². The lowest BCUT2D eigenvalue weighted by molar-refractivity contribution is -0.0466. The van der Waals surface area contributed by atoms with Crippen LogP contribution in [0, 0.1) is 13.8 Å². The molecule has 2 aromatic carbocycles. The number of fused-ring (bicyclic) bond motifs is 1. The molecule has 0 radical (unpaired) electrons. The molecule has 1 aliphatic rings. The summed E-state index contributed by atoms with van der Waals surface area (Å²) < 4.78 is 71.4. The Balaban J connectivity index is 1.59. The average molecular weight is 576 g/mol. The van der Waals surface area contributed by atoms with Crippen LogP contribution in [0.5, 0.6) is 0 Å². The van der Waals surface area contributed by atoms with Crippen molar-refractivity contribution in [2.75, 3.05) is 12.3 Å². The Morgan fingerprint density at radius 1 is 0.872 bits per heavy atom. The zero-order chi connectivity index (χ0) is 27.9. The van der Waals surface area contributed by atoms with Gasteiger partial charge in [0.05, 0.1) is 22.7 Å². The molecule has 13 nitrogen and oxygen atoms in total. The van der Waals surface area contributed by atoms with E-state index in [4.69, 9.17) is 18.8 Å². The molecule has 206 valence electrons. The number of nitrogen functional groups attached to an aromatic ring is 1. The molecule has 5 rings (SSSR count). The van der Waals surface area contributed by atoms with Gasteiger partial charge in [0.25, 0.3) is 20.2 Å². The monoisotopic (exact) mass is 575 g/mol. The quantitative estimate of drug-likeness (QED) is 0.289. The molecule has 3 N–H and O–H groups in total. The molecular weight excluding hydrogens is 550 g/mol. The smallest absolute Gasteiger partial charge is 0.297 e. The number of aromatic nitrogens is 4. The number of benzene rings is 2. The molecule has 0 amide bonds. The van der Waals surface area contributed by atoms with E-state index in [9.17, 15) is 21.9 Å². The first-order valence-corrected chi connectivity index (χ1v) is 14.5. The average Bonchev–Trinajstić information content (AvgIpc) is 3.46. The van der Waals surface area contributed by atoms with Crippen LogP contribution in [0.1, 0.15) is 17.4 Å². The fourth-order valence-electron chi connectivity index (χ4n) is 4.17. The van der Waals surface area contributed by atoms with E-state index in [0.717, 1.165) is 11.1 Å². The van der Waals surface area contributed by atoms with Gasteiger partial charge in [0.15, 0.2) is 23.8 Å². The van der Waals surface area contributed by atoms with Crippen LogP contribution < -0.4 is 5.73 Å². The molecule has 1 fully saturated rings. The number of hydrogen-bond acceptors (Lipinski definition) is 12. The highest BCUT2D eigenvalue weighted by Gasteiger charge is 2.52. The summed E-state index contributed by atoms with van der Waals surface area (Å²) in [7, 11) is -8.90. The Morgan fingerprint density at radius 2 is 1.41 bits per heavy atom. The van der Waals surface area contributed by atoms with Crippen molar-refractivity contribution in [2.45, 2.75) is 48.2 Å². The van der Waals surface area contributed by atoms with Crippen LogP contribution in [-0.2, 0) is 33.3 Å². The number of anilines is 1. The summed E-state index contributed by atoms with van der Waals surface area (Å²) in [6.45, 7) is 2.88. The molecule has 15 heteroatoms. The Hall–Kier alpha value is -3.47. The summed E-state index contributed by atoms with van der Waals surface area (Å²) in [5.74, 6) is 0.0648. The summed E-state index contributed by atoms with van der Waals surface area (Å²) in [5.41, 5.74) is 7.92. The van der Waals surface area contributed by atoms with Crippen LogP contribution in [0.2, 0.25) is 0 Å². The van der Waals surface area contributed by atoms with Crippen LogP contribution in [0.15, 0.2) is 71.0 Å². The second kappa shape index (κ2) is 10.3. The highest BCUT2D eigenvalue weighted by atomic mass is 32.2. The van der Waals surface area contributed by atoms with Gasteiger partial charge >= 0.3 is 0 Å². The number of aliphatic hydroxyl groups excluding tert-OH is 1. The minimum absolute atomic E-state index is 0.0648. The summed E-state index contributed by atoms with van der Waals surface area (Å²) in [6.07, 6.45) is -3.35. The fraction of sp³-hybridized carbons (Fsp3) is 0.292. The molecule has 39 heavy (non-hydrogen) atoms. The minimum Gasteiger partial charge on any atom is -0.394 e. The molecule has 0 spiro atoms. The number of aryl methyl sites for hydroxylation is 2. The van der Waals surface area contributed by atoms with E-state index < -0.39 is 51.4 Å². The zero-order valence-corrected chi connectivity index (χ0v) is 22.4. The number of nitrogens with zero attached hydrogens (tertiary/aromatic N) is 4. The molecule has 2 aromatic heterocycles. The Labute approximate surface area is 224 Å². The van der Waals surface area contributed by atoms with Crippen molar-refractivity contribution >= 4 is 37.2 Å². The fourth-order valence-corrected chi connectivity index (χ4v) is 6.35. The first-order chi connectivity index (χ1) is 18.5. The van der Waals surface area contributed by atoms with Gasteiger partial charge in [-0.3, -0.25) is 12.9 Å². The van der Waals surface area contributed by atoms with E-state index in [1.807, 2.05) is 0 Å². The minimum atomic E-state index is -4.46. The molecule has 3 heterocycles. The predicted octanol–water partition coefficient (Wildman–Crippen LogP) is 1.46. The molecule has 0 unspecified atom stereocenters. The number of aliphatic hydroxyl groups is 1. The molecule has 1 saturated heterocycles. The van der Waals surface area contributed by atoms with Crippen LogP contribution in [-0.4, -0.2) is 66.4 Å². The summed E-state index contributed by atoms with van der Waals surface area (Å²) >= 11 is 0. The standard InChI is InChI=1S/C24H25N5O8S2/c1-14-3-7-16(8-4-14)38(31,32)36-20-18(11-30)35-24(29-13-28-19-22(25)26-12-27-23(19)29)21(20)37-39(33,34)17-9-5-15(2)6-10-17/h3-10,12-13,18,20-21,24,30H,11H2,1-2H3,(H2,25,26,27)/t18-,20+,21+,24-/m1/s1. The molecule has 0 bridgehead atoms. The van der Waals surface area contributed by atoms with Crippen molar-refractivity contribution in [3.05, 3.63) is 72.3 Å². The normalized spacial score (nSPS) is 21.9. The van der Waals surface area contributed by atoms with E-state index in [1.54, 1.807) is 38.1 Å². The van der Waals surface area contributed by atoms with Crippen molar-refractivity contribution < 1.29 is 35.0 Å². The zero-order valence-electron chi connectivity index (χ0n) is 20.8. The van der Waals surface area contributed by atoms with Crippen molar-refractivity contribution in [3.8, 4) is 0 Å². The van der Waals surface area contributed by atoms with E-state index in [1.165, 1.54) is 41.5 Å². The third-order valence-electron chi connectivity index (χ3n) is 6.22. The summed E-state index contributed by atoms with van der Waals surface area (Å²) in [4.78, 5) is 11.9. The SMILES string of the molecule is Cc1ccc(S(=O)(=O)O[C@@H]2[C@H](OS(=O)(=O)c3ccc(C)cc3)[C@H](n3cnc4c(N)ncnc43)O[C@@H]2CO)cc1. The van der Waals surface area contributed by atoms with Gasteiger partial charge < -0.3 is 15.6 Å². The molecular formula is C24H25N5O8S2. The highest BCUT2D eigenvalue weighted by Crippen LogP contribution is 2.38. The van der Waals surface area contributed by atoms with Gasteiger partial charge in [0.2, 0.25) is 0 Å². The van der Waals surface area contributed by atoms with Crippen molar-refractivity contribution in [2.24, 2.45) is 0 Å². The van der Waals surface area contributed by atoms with Gasteiger partial charge in [-0.1, -0.05) is 35.4 Å². The second-order valence-electron chi connectivity index (χ2n) is 8.99. The van der Waals surface area contributed by atoms with Gasteiger partial charge in [-0.2, -0.15) is 16.8 Å². The lowest BCUT2D eigenvalue weighted by atomic mass is 10.1. The third kappa shape index (κ3) is 5.24. The summed E-state index contributed by atoms with van der Waals surface area (Å²) in [6, 6.07) is 11.8. The number of imidazole rings is 1. The molecule has 4 atom stereocenters.